The van der Waals surface area contributed by atoms with E-state index in [1.807, 2.05) is 48.5 Å². The molecule has 1 fully saturated rings. The SMILES string of the molecule is COc1cccc([C@@H]2CC(=O)N3CN(c4ccc(CCO)cc4)CSC3=C2C#N)c1. The summed E-state index contributed by atoms with van der Waals surface area (Å²) >= 11 is 1.53. The Labute approximate surface area is 180 Å². The van der Waals surface area contributed by atoms with Crippen LogP contribution in [0.25, 0.3) is 0 Å². The molecule has 0 aliphatic carbocycles. The van der Waals surface area contributed by atoms with Crippen molar-refractivity contribution in [1.82, 2.24) is 4.90 Å². The number of fused-ring (bicyclic) bond motifs is 1. The molecule has 0 radical (unpaired) electrons. The highest BCUT2D eigenvalue weighted by molar-refractivity contribution is 8.03. The minimum Gasteiger partial charge on any atom is -0.497 e. The largest absolute Gasteiger partial charge is 0.497 e. The van der Waals surface area contributed by atoms with Gasteiger partial charge in [-0.25, -0.2) is 0 Å². The molecule has 0 spiro atoms. The fourth-order valence-electron chi connectivity index (χ4n) is 3.87. The minimum absolute atomic E-state index is 0.0194. The topological polar surface area (TPSA) is 76.8 Å². The minimum atomic E-state index is -0.249. The second kappa shape index (κ2) is 8.82. The van der Waals surface area contributed by atoms with Crippen molar-refractivity contribution in [3.8, 4) is 11.8 Å². The van der Waals surface area contributed by atoms with Crippen molar-refractivity contribution in [2.75, 3.05) is 31.2 Å². The van der Waals surface area contributed by atoms with Gasteiger partial charge < -0.3 is 14.7 Å². The zero-order valence-electron chi connectivity index (χ0n) is 16.7. The van der Waals surface area contributed by atoms with Crippen molar-refractivity contribution in [3.63, 3.8) is 0 Å². The normalized spacial score (nSPS) is 18.8. The molecule has 0 saturated carbocycles. The van der Waals surface area contributed by atoms with Gasteiger partial charge in [-0.05, 0) is 41.8 Å². The maximum atomic E-state index is 13.0. The van der Waals surface area contributed by atoms with Crippen LogP contribution < -0.4 is 9.64 Å². The van der Waals surface area contributed by atoms with Crippen molar-refractivity contribution in [3.05, 3.63) is 70.3 Å². The number of nitrogens with zero attached hydrogens (tertiary/aromatic N) is 3. The Kier molecular flexibility index (Phi) is 5.98. The van der Waals surface area contributed by atoms with Gasteiger partial charge in [-0.15, -0.1) is 0 Å². The fraction of sp³-hybridized carbons (Fsp3) is 0.304. The Morgan fingerprint density at radius 1 is 1.27 bits per heavy atom. The molecule has 0 unspecified atom stereocenters. The van der Waals surface area contributed by atoms with E-state index in [1.54, 1.807) is 12.0 Å². The smallest absolute Gasteiger partial charge is 0.229 e. The van der Waals surface area contributed by atoms with Gasteiger partial charge >= 0.3 is 0 Å². The van der Waals surface area contributed by atoms with Gasteiger partial charge in [0.15, 0.2) is 0 Å². The van der Waals surface area contributed by atoms with Crippen molar-refractivity contribution in [1.29, 1.82) is 5.26 Å². The number of rotatable bonds is 5. The van der Waals surface area contributed by atoms with E-state index < -0.39 is 0 Å². The van der Waals surface area contributed by atoms with Gasteiger partial charge in [0.25, 0.3) is 0 Å². The van der Waals surface area contributed by atoms with E-state index in [2.05, 4.69) is 11.0 Å². The van der Waals surface area contributed by atoms with Crippen LogP contribution in [0.2, 0.25) is 0 Å². The zero-order chi connectivity index (χ0) is 21.1. The predicted octanol–water partition coefficient (Wildman–Crippen LogP) is 3.45. The molecule has 2 aliphatic heterocycles. The Bertz CT molecular complexity index is 1010. The summed E-state index contributed by atoms with van der Waals surface area (Å²) in [6.07, 6.45) is 0.896. The first-order valence-corrected chi connectivity index (χ1v) is 10.8. The van der Waals surface area contributed by atoms with E-state index in [9.17, 15) is 10.1 Å². The average Bonchev–Trinajstić information content (AvgIpc) is 2.79. The van der Waals surface area contributed by atoms with E-state index in [0.717, 1.165) is 27.6 Å². The highest BCUT2D eigenvalue weighted by Crippen LogP contribution is 2.43. The summed E-state index contributed by atoms with van der Waals surface area (Å²) < 4.78 is 5.31. The Hall–Kier alpha value is -2.95. The summed E-state index contributed by atoms with van der Waals surface area (Å²) in [6.45, 7) is 0.553. The van der Waals surface area contributed by atoms with Crippen LogP contribution in [-0.4, -0.2) is 42.2 Å². The molecule has 6 nitrogen and oxygen atoms in total. The van der Waals surface area contributed by atoms with E-state index >= 15 is 0 Å². The summed E-state index contributed by atoms with van der Waals surface area (Å²) in [5.41, 5.74) is 3.66. The van der Waals surface area contributed by atoms with Gasteiger partial charge in [-0.1, -0.05) is 36.0 Å². The molecule has 7 heteroatoms. The fourth-order valence-corrected chi connectivity index (χ4v) is 5.04. The standard InChI is InChI=1S/C23H23N3O3S/c1-29-19-4-2-3-17(11-19)20-12-22(28)26-14-25(15-30-23(26)21(20)13-24)18-7-5-16(6-8-18)9-10-27/h2-8,11,20,27H,9-10,12,14-15H2,1H3/t20-/m0/s1. The molecule has 30 heavy (non-hydrogen) atoms. The second-order valence-electron chi connectivity index (χ2n) is 7.28. The molecule has 1 N–H and O–H groups in total. The van der Waals surface area contributed by atoms with Crippen molar-refractivity contribution in [2.24, 2.45) is 0 Å². The van der Waals surface area contributed by atoms with Gasteiger partial charge in [0.1, 0.15) is 5.75 Å². The lowest BCUT2D eigenvalue weighted by Gasteiger charge is -2.42. The van der Waals surface area contributed by atoms with Crippen LogP contribution in [0.4, 0.5) is 5.69 Å². The maximum absolute atomic E-state index is 13.0. The number of aliphatic hydroxyl groups is 1. The number of amides is 1. The second-order valence-corrected chi connectivity index (χ2v) is 8.21. The monoisotopic (exact) mass is 421 g/mol. The Balaban J connectivity index is 1.60. The predicted molar refractivity (Wildman–Crippen MR) is 117 cm³/mol. The third-order valence-corrected chi connectivity index (χ3v) is 6.65. The van der Waals surface area contributed by atoms with Crippen molar-refractivity contribution in [2.45, 2.75) is 18.8 Å². The van der Waals surface area contributed by atoms with Gasteiger partial charge in [0, 0.05) is 24.6 Å². The summed E-state index contributed by atoms with van der Waals surface area (Å²) in [5.74, 6) is 1.15. The average molecular weight is 422 g/mol. The molecule has 154 valence electrons. The highest BCUT2D eigenvalue weighted by atomic mass is 32.2. The quantitative estimate of drug-likeness (QED) is 0.797. The van der Waals surface area contributed by atoms with Crippen LogP contribution in [0.3, 0.4) is 0 Å². The number of benzene rings is 2. The van der Waals surface area contributed by atoms with Crippen LogP contribution >= 0.6 is 11.8 Å². The number of anilines is 1. The number of aliphatic hydroxyl groups excluding tert-OH is 1. The number of hydrogen-bond acceptors (Lipinski definition) is 6. The van der Waals surface area contributed by atoms with Crippen molar-refractivity contribution < 1.29 is 14.6 Å². The molecule has 2 heterocycles. The lowest BCUT2D eigenvalue weighted by atomic mass is 9.86. The summed E-state index contributed by atoms with van der Waals surface area (Å²) in [6, 6.07) is 18.0. The number of ether oxygens (including phenoxy) is 1. The number of hydrogen-bond donors (Lipinski definition) is 1. The molecular weight excluding hydrogens is 398 g/mol. The zero-order valence-corrected chi connectivity index (χ0v) is 17.6. The molecule has 1 saturated heterocycles. The number of thioether (sulfide) groups is 1. The lowest BCUT2D eigenvalue weighted by molar-refractivity contribution is -0.129. The summed E-state index contributed by atoms with van der Waals surface area (Å²) in [4.78, 5) is 16.9. The molecule has 2 aromatic carbocycles. The van der Waals surface area contributed by atoms with Gasteiger partial charge in [-0.2, -0.15) is 5.26 Å². The van der Waals surface area contributed by atoms with E-state index in [1.165, 1.54) is 11.8 Å². The number of carbonyl (C=O) groups is 1. The Morgan fingerprint density at radius 2 is 2.07 bits per heavy atom. The maximum Gasteiger partial charge on any atom is 0.229 e. The number of methoxy groups -OCH3 is 1. The Morgan fingerprint density at radius 3 is 2.77 bits per heavy atom. The summed E-state index contributed by atoms with van der Waals surface area (Å²) in [7, 11) is 1.61. The highest BCUT2D eigenvalue weighted by Gasteiger charge is 2.38. The third-order valence-electron chi connectivity index (χ3n) is 5.49. The first-order valence-electron chi connectivity index (χ1n) is 9.80. The van der Waals surface area contributed by atoms with Crippen LogP contribution in [0, 0.1) is 11.3 Å². The van der Waals surface area contributed by atoms with Crippen LogP contribution in [0.1, 0.15) is 23.5 Å². The van der Waals surface area contributed by atoms with Crippen LogP contribution in [0.5, 0.6) is 5.75 Å². The van der Waals surface area contributed by atoms with E-state index in [0.29, 0.717) is 24.5 Å². The molecular formula is C23H23N3O3S. The van der Waals surface area contributed by atoms with Gasteiger partial charge in [0.05, 0.1) is 36.3 Å². The molecule has 0 bridgehead atoms. The number of carbonyl (C=O) groups excluding carboxylic acids is 1. The molecule has 1 amide bonds. The summed E-state index contributed by atoms with van der Waals surface area (Å²) in [5, 5.41) is 19.8. The van der Waals surface area contributed by atoms with Crippen LogP contribution in [0.15, 0.2) is 59.1 Å². The lowest BCUT2D eigenvalue weighted by Crippen LogP contribution is -2.47. The number of nitriles is 1. The number of allylic oxidation sites excluding steroid dienone is 1. The third kappa shape index (κ3) is 3.89. The van der Waals surface area contributed by atoms with E-state index in [4.69, 9.17) is 9.84 Å². The van der Waals surface area contributed by atoms with Gasteiger partial charge in [-0.3, -0.25) is 9.69 Å². The first-order chi connectivity index (χ1) is 14.6. The molecule has 4 rings (SSSR count). The van der Waals surface area contributed by atoms with Gasteiger partial charge in [0.2, 0.25) is 5.91 Å². The molecule has 0 aromatic heterocycles. The van der Waals surface area contributed by atoms with E-state index in [-0.39, 0.29) is 24.9 Å². The molecule has 1 atom stereocenters. The molecule has 2 aromatic rings. The molecule has 2 aliphatic rings. The van der Waals surface area contributed by atoms with Crippen molar-refractivity contribution >= 4 is 23.4 Å². The first kappa shape index (κ1) is 20.3. The van der Waals surface area contributed by atoms with Crippen LogP contribution in [-0.2, 0) is 11.2 Å².